The third-order valence-corrected chi connectivity index (χ3v) is 9.61. The van der Waals surface area contributed by atoms with Crippen molar-refractivity contribution in [3.05, 3.63) is 65.9 Å². The molecule has 2 aliphatic rings. The maximum absolute atomic E-state index is 14.1. The average molecular weight is 698 g/mol. The number of nitrogen functional groups attached to an aromatic ring is 1. The molecule has 2 aromatic heterocycles. The van der Waals surface area contributed by atoms with Crippen LogP contribution in [0.3, 0.4) is 0 Å². The van der Waals surface area contributed by atoms with Crippen LogP contribution in [0.2, 0.25) is 0 Å². The van der Waals surface area contributed by atoms with Gasteiger partial charge >= 0.3 is 25.6 Å². The number of esters is 1. The molecule has 2 unspecified atom stereocenters. The van der Waals surface area contributed by atoms with Gasteiger partial charge in [0.2, 0.25) is 0 Å². The highest BCUT2D eigenvalue weighted by atomic mass is 31.2. The van der Waals surface area contributed by atoms with Crippen molar-refractivity contribution in [1.82, 2.24) is 24.6 Å². The fraction of sp³-hybridized carbons (Fsp3) is 0.517. The Hall–Kier alpha value is -3.82. The van der Waals surface area contributed by atoms with Crippen molar-refractivity contribution in [2.75, 3.05) is 32.0 Å². The first-order chi connectivity index (χ1) is 22.7. The summed E-state index contributed by atoms with van der Waals surface area (Å²) in [5, 5.41) is 28.6. The molecule has 0 saturated carbocycles. The van der Waals surface area contributed by atoms with Crippen LogP contribution in [0.25, 0.3) is 10.4 Å². The minimum Gasteiger partial charge on any atom is -0.461 e. The van der Waals surface area contributed by atoms with E-state index in [1.54, 1.807) is 24.3 Å². The molecular weight excluding hydrogens is 662 g/mol. The van der Waals surface area contributed by atoms with Gasteiger partial charge in [-0.05, 0) is 57.0 Å². The number of nitrogens with one attached hydrogen (secondary N) is 1. The number of alkyl halides is 3. The Balaban J connectivity index is 1.29. The average Bonchev–Trinajstić information content (AvgIpc) is 3.49. The summed E-state index contributed by atoms with van der Waals surface area (Å²) in [6.07, 6.45) is -7.76. The van der Waals surface area contributed by atoms with Crippen molar-refractivity contribution < 1.29 is 51.3 Å². The molecule has 5 rings (SSSR count). The van der Waals surface area contributed by atoms with E-state index in [1.165, 1.54) is 40.9 Å². The first-order valence-electron chi connectivity index (χ1n) is 15.0. The molecule has 0 amide bonds. The summed E-state index contributed by atoms with van der Waals surface area (Å²) in [6, 6.07) is 9.58. The van der Waals surface area contributed by atoms with Crippen LogP contribution < -0.4 is 15.3 Å². The maximum Gasteiger partial charge on any atom is 0.459 e. The zero-order chi connectivity index (χ0) is 34.7. The zero-order valence-electron chi connectivity index (χ0n) is 25.7. The molecule has 0 bridgehead atoms. The van der Waals surface area contributed by atoms with Crippen LogP contribution in [0.1, 0.15) is 38.0 Å². The topological polar surface area (TPSA) is 187 Å². The number of rotatable bonds is 11. The number of carbonyl (C=O) groups excluding carboxylic acids is 1. The van der Waals surface area contributed by atoms with Gasteiger partial charge in [0.15, 0.2) is 18.5 Å². The number of nitrogens with two attached hydrogens (primary N) is 1. The lowest BCUT2D eigenvalue weighted by Gasteiger charge is -2.26. The lowest BCUT2D eigenvalue weighted by Crippen LogP contribution is -2.45. The molecule has 7 atom stereocenters. The highest BCUT2D eigenvalue weighted by Gasteiger charge is 2.62. The highest BCUT2D eigenvalue weighted by Crippen LogP contribution is 2.49. The van der Waals surface area contributed by atoms with Gasteiger partial charge in [-0.25, -0.2) is 20.6 Å². The molecule has 5 N–H and O–H groups in total. The molecule has 0 aliphatic carbocycles. The standard InChI is InChI=1S/C29H35F3N7O8P/c1-18(27(42)45-19-9-6-13-38(14-12-19)15-29(30,31)32)37-48(43,47-20-7-4-3-5-8-20)44-16-28(34-2)25(41)23(40)24(46-28)21-10-11-22-26(33)35-17-36-39(21)22/h3-5,7-8,10-11,17-19,23-25,40-41H,6,9,12-16H2,1H3,(H,37,43)(H2,33,35,36)/t18-,19?,23-,24-,25-,28+,48?/m0/s1. The fourth-order valence-electron chi connectivity index (χ4n) is 5.56. The van der Waals surface area contributed by atoms with E-state index in [1.807, 2.05) is 0 Å². The van der Waals surface area contributed by atoms with Gasteiger partial charge in [0.05, 0.1) is 12.2 Å². The van der Waals surface area contributed by atoms with Crippen molar-refractivity contribution in [2.45, 2.75) is 68.5 Å². The Morgan fingerprint density at radius 2 is 2.00 bits per heavy atom. The summed E-state index contributed by atoms with van der Waals surface area (Å²) in [7, 11) is -4.57. The van der Waals surface area contributed by atoms with E-state index in [-0.39, 0.29) is 36.8 Å². The Kier molecular flexibility index (Phi) is 10.6. The summed E-state index contributed by atoms with van der Waals surface area (Å²) >= 11 is 0. The van der Waals surface area contributed by atoms with Crippen molar-refractivity contribution in [2.24, 2.45) is 0 Å². The number of benzene rings is 1. The van der Waals surface area contributed by atoms with Crippen LogP contribution in [0.5, 0.6) is 5.75 Å². The van der Waals surface area contributed by atoms with Gasteiger partial charge in [0, 0.05) is 6.54 Å². The predicted octanol–water partition coefficient (Wildman–Crippen LogP) is 2.86. The zero-order valence-corrected chi connectivity index (χ0v) is 26.6. The molecule has 3 aromatic rings. The quantitative estimate of drug-likeness (QED) is 0.130. The Morgan fingerprint density at radius 1 is 1.25 bits per heavy atom. The van der Waals surface area contributed by atoms with Crippen LogP contribution in [-0.4, -0.2) is 98.2 Å². The molecule has 260 valence electrons. The molecular formula is C29H35F3N7O8P. The minimum absolute atomic E-state index is 0.0713. The van der Waals surface area contributed by atoms with Crippen molar-refractivity contribution in [1.29, 1.82) is 0 Å². The van der Waals surface area contributed by atoms with Gasteiger partial charge in [-0.3, -0.25) is 23.8 Å². The lowest BCUT2D eigenvalue weighted by atomic mass is 10.0. The number of ether oxygens (including phenoxy) is 2. The number of aromatic nitrogens is 3. The Bertz CT molecular complexity index is 1680. The second-order valence-electron chi connectivity index (χ2n) is 11.5. The van der Waals surface area contributed by atoms with E-state index in [2.05, 4.69) is 20.0 Å². The van der Waals surface area contributed by atoms with Crippen LogP contribution in [0.15, 0.2) is 48.8 Å². The number of anilines is 1. The number of halogens is 3. The SMILES string of the molecule is [C-]#[N+][C@]1(COP(=O)(N[C@@H](C)C(=O)OC2CCCN(CC(F)(F)F)CC2)Oc2ccccc2)O[C@@H](c2ccc3c(N)ncnn23)[C@H](O)[C@@H]1O. The number of aliphatic hydroxyl groups excluding tert-OH is 2. The summed E-state index contributed by atoms with van der Waals surface area (Å²) in [6.45, 7) is 7.51. The number of fused-ring (bicyclic) bond motifs is 1. The minimum atomic E-state index is -4.57. The van der Waals surface area contributed by atoms with E-state index in [0.29, 0.717) is 18.4 Å². The van der Waals surface area contributed by atoms with E-state index in [9.17, 15) is 32.7 Å². The first-order valence-corrected chi connectivity index (χ1v) is 16.5. The summed E-state index contributed by atoms with van der Waals surface area (Å²) in [5.74, 6) is -0.648. The Labute approximate surface area is 273 Å². The number of aliphatic hydroxyl groups is 2. The van der Waals surface area contributed by atoms with Gasteiger partial charge in [0.25, 0.3) is 0 Å². The van der Waals surface area contributed by atoms with Crippen LogP contribution in [0, 0.1) is 6.57 Å². The number of likely N-dealkylation sites (tertiary alicyclic amines) is 1. The molecule has 2 aliphatic heterocycles. The molecule has 1 aromatic carbocycles. The second-order valence-corrected chi connectivity index (χ2v) is 13.2. The largest absolute Gasteiger partial charge is 0.461 e. The normalized spacial score (nSPS) is 27.1. The molecule has 48 heavy (non-hydrogen) atoms. The fourth-order valence-corrected chi connectivity index (χ4v) is 7.07. The van der Waals surface area contributed by atoms with Crippen molar-refractivity contribution in [3.63, 3.8) is 0 Å². The van der Waals surface area contributed by atoms with E-state index in [0.717, 1.165) is 0 Å². The third-order valence-electron chi connectivity index (χ3n) is 7.99. The molecule has 2 fully saturated rings. The second kappa shape index (κ2) is 14.3. The van der Waals surface area contributed by atoms with Gasteiger partial charge < -0.3 is 25.2 Å². The predicted molar refractivity (Wildman–Crippen MR) is 162 cm³/mol. The van der Waals surface area contributed by atoms with E-state index in [4.69, 9.17) is 30.8 Å². The summed E-state index contributed by atoms with van der Waals surface area (Å²) in [4.78, 5) is 21.6. The van der Waals surface area contributed by atoms with Gasteiger partial charge in [0.1, 0.15) is 41.9 Å². The van der Waals surface area contributed by atoms with Crippen LogP contribution >= 0.6 is 7.75 Å². The van der Waals surface area contributed by atoms with Crippen molar-refractivity contribution >= 4 is 25.1 Å². The number of hydrogen-bond acceptors (Lipinski definition) is 12. The van der Waals surface area contributed by atoms with E-state index >= 15 is 0 Å². The van der Waals surface area contributed by atoms with Crippen molar-refractivity contribution in [3.8, 4) is 5.75 Å². The Morgan fingerprint density at radius 3 is 2.71 bits per heavy atom. The molecule has 0 spiro atoms. The summed E-state index contributed by atoms with van der Waals surface area (Å²) < 4.78 is 76.7. The molecule has 4 heterocycles. The maximum atomic E-state index is 14.1. The first kappa shape index (κ1) is 35.5. The van der Waals surface area contributed by atoms with Crippen LogP contribution in [0.4, 0.5) is 19.0 Å². The lowest BCUT2D eigenvalue weighted by molar-refractivity contribution is -0.152. The molecule has 2 saturated heterocycles. The number of carbonyl (C=O) groups is 1. The van der Waals surface area contributed by atoms with E-state index < -0.39 is 69.2 Å². The summed E-state index contributed by atoms with van der Waals surface area (Å²) in [5.41, 5.74) is 4.25. The van der Waals surface area contributed by atoms with Gasteiger partial charge in [-0.2, -0.15) is 23.4 Å². The smallest absolute Gasteiger partial charge is 0.459 e. The third kappa shape index (κ3) is 8.06. The molecule has 0 radical (unpaired) electrons. The molecule has 15 nitrogen and oxygen atoms in total. The van der Waals surface area contributed by atoms with Gasteiger partial charge in [-0.1, -0.05) is 18.2 Å². The number of para-hydroxylation sites is 1. The number of nitrogens with zero attached hydrogens (tertiary/aromatic N) is 5. The number of hydrogen-bond donors (Lipinski definition) is 4. The molecule has 19 heteroatoms. The van der Waals surface area contributed by atoms with Crippen LogP contribution in [-0.2, 0) is 23.4 Å². The highest BCUT2D eigenvalue weighted by molar-refractivity contribution is 7.52. The monoisotopic (exact) mass is 697 g/mol. The van der Waals surface area contributed by atoms with Gasteiger partial charge in [-0.15, -0.1) is 0 Å².